The minimum Gasteiger partial charge on any atom is -0.295 e. The van der Waals surface area contributed by atoms with E-state index in [0.717, 1.165) is 12.0 Å². The Labute approximate surface area is 69.5 Å². The predicted octanol–water partition coefficient (Wildman–Crippen LogP) is 2.96. The number of carbonyl (C=O) groups is 1. The summed E-state index contributed by atoms with van der Waals surface area (Å²) in [5.74, 6) is 0.789. The van der Waals surface area contributed by atoms with E-state index in [0.29, 0.717) is 12.3 Å². The third kappa shape index (κ3) is 5.84. The Hall–Kier alpha value is -0.590. The van der Waals surface area contributed by atoms with Crippen molar-refractivity contribution in [2.75, 3.05) is 0 Å². The van der Waals surface area contributed by atoms with Crippen LogP contribution in [0.3, 0.4) is 0 Å². The predicted molar refractivity (Wildman–Crippen MR) is 48.5 cm³/mol. The van der Waals surface area contributed by atoms with Crippen molar-refractivity contribution in [2.45, 2.75) is 40.5 Å². The molecule has 0 aromatic rings. The fourth-order valence-electron chi connectivity index (χ4n) is 0.869. The van der Waals surface area contributed by atoms with Gasteiger partial charge >= 0.3 is 0 Å². The zero-order valence-electron chi connectivity index (χ0n) is 7.98. The molecule has 0 radical (unpaired) electrons. The topological polar surface area (TPSA) is 17.1 Å². The SMILES string of the molecule is CCC(C)CC(=O)C=C(C)C. The van der Waals surface area contributed by atoms with Gasteiger partial charge in [-0.2, -0.15) is 0 Å². The third-order valence-corrected chi connectivity index (χ3v) is 1.70. The summed E-state index contributed by atoms with van der Waals surface area (Å²) in [5.41, 5.74) is 1.10. The first-order valence-electron chi connectivity index (χ1n) is 4.24. The highest BCUT2D eigenvalue weighted by molar-refractivity contribution is 5.90. The number of ketones is 1. The van der Waals surface area contributed by atoms with Gasteiger partial charge in [0.1, 0.15) is 0 Å². The molecule has 1 unspecified atom stereocenters. The molecule has 1 heteroatoms. The molecule has 0 aliphatic heterocycles. The largest absolute Gasteiger partial charge is 0.295 e. The maximum Gasteiger partial charge on any atom is 0.155 e. The number of hydrogen-bond acceptors (Lipinski definition) is 1. The van der Waals surface area contributed by atoms with Gasteiger partial charge in [-0.05, 0) is 25.8 Å². The van der Waals surface area contributed by atoms with Crippen LogP contribution in [0.4, 0.5) is 0 Å². The van der Waals surface area contributed by atoms with E-state index in [9.17, 15) is 4.79 Å². The summed E-state index contributed by atoms with van der Waals surface area (Å²) in [5, 5.41) is 0. The van der Waals surface area contributed by atoms with Gasteiger partial charge in [-0.1, -0.05) is 25.8 Å². The normalized spacial score (nSPS) is 12.4. The molecule has 0 spiro atoms. The maximum absolute atomic E-state index is 11.1. The lowest BCUT2D eigenvalue weighted by Gasteiger charge is -2.03. The highest BCUT2D eigenvalue weighted by Crippen LogP contribution is 2.07. The lowest BCUT2D eigenvalue weighted by atomic mass is 10.0. The highest BCUT2D eigenvalue weighted by atomic mass is 16.1. The molecule has 64 valence electrons. The van der Waals surface area contributed by atoms with E-state index in [2.05, 4.69) is 13.8 Å². The minimum absolute atomic E-state index is 0.263. The van der Waals surface area contributed by atoms with Crippen LogP contribution in [0.2, 0.25) is 0 Å². The number of carbonyl (C=O) groups excluding carboxylic acids is 1. The molecule has 1 atom stereocenters. The Bertz CT molecular complexity index is 152. The summed E-state index contributed by atoms with van der Waals surface area (Å²) in [7, 11) is 0. The first-order chi connectivity index (χ1) is 5.06. The van der Waals surface area contributed by atoms with Crippen LogP contribution in [0.1, 0.15) is 40.5 Å². The standard InChI is InChI=1S/C10H18O/c1-5-9(4)7-10(11)6-8(2)3/h6,9H,5,7H2,1-4H3. The van der Waals surface area contributed by atoms with Crippen LogP contribution in [-0.4, -0.2) is 5.78 Å². The average molecular weight is 154 g/mol. The first kappa shape index (κ1) is 10.4. The summed E-state index contributed by atoms with van der Waals surface area (Å²) < 4.78 is 0. The Morgan fingerprint density at radius 3 is 2.36 bits per heavy atom. The van der Waals surface area contributed by atoms with E-state index in [-0.39, 0.29) is 5.78 Å². The summed E-state index contributed by atoms with van der Waals surface area (Å²) in [6.07, 6.45) is 3.51. The number of allylic oxidation sites excluding steroid dienone is 2. The van der Waals surface area contributed by atoms with Crippen molar-refractivity contribution in [2.24, 2.45) is 5.92 Å². The summed E-state index contributed by atoms with van der Waals surface area (Å²) >= 11 is 0. The van der Waals surface area contributed by atoms with Gasteiger partial charge in [0, 0.05) is 6.42 Å². The highest BCUT2D eigenvalue weighted by Gasteiger charge is 2.03. The Morgan fingerprint density at radius 1 is 1.45 bits per heavy atom. The zero-order valence-corrected chi connectivity index (χ0v) is 7.98. The van der Waals surface area contributed by atoms with Gasteiger partial charge in [0.25, 0.3) is 0 Å². The van der Waals surface area contributed by atoms with Crippen molar-refractivity contribution in [1.29, 1.82) is 0 Å². The lowest BCUT2D eigenvalue weighted by Crippen LogP contribution is -2.01. The van der Waals surface area contributed by atoms with Crippen LogP contribution in [0, 0.1) is 5.92 Å². The van der Waals surface area contributed by atoms with Crippen LogP contribution in [0.15, 0.2) is 11.6 Å². The zero-order chi connectivity index (χ0) is 8.85. The molecule has 11 heavy (non-hydrogen) atoms. The first-order valence-corrected chi connectivity index (χ1v) is 4.24. The van der Waals surface area contributed by atoms with Gasteiger partial charge in [0.15, 0.2) is 5.78 Å². The van der Waals surface area contributed by atoms with E-state index in [4.69, 9.17) is 0 Å². The lowest BCUT2D eigenvalue weighted by molar-refractivity contribution is -0.115. The smallest absolute Gasteiger partial charge is 0.155 e. The van der Waals surface area contributed by atoms with Gasteiger partial charge in [-0.15, -0.1) is 0 Å². The van der Waals surface area contributed by atoms with Gasteiger partial charge in [-0.3, -0.25) is 4.79 Å². The summed E-state index contributed by atoms with van der Waals surface area (Å²) in [6, 6.07) is 0. The fourth-order valence-corrected chi connectivity index (χ4v) is 0.869. The number of hydrogen-bond donors (Lipinski definition) is 0. The van der Waals surface area contributed by atoms with Crippen LogP contribution in [0.5, 0.6) is 0 Å². The van der Waals surface area contributed by atoms with E-state index < -0.39 is 0 Å². The molecule has 0 aromatic heterocycles. The van der Waals surface area contributed by atoms with Gasteiger partial charge < -0.3 is 0 Å². The molecular formula is C10H18O. The van der Waals surface area contributed by atoms with Crippen molar-refractivity contribution in [3.8, 4) is 0 Å². The monoisotopic (exact) mass is 154 g/mol. The molecule has 0 fully saturated rings. The van der Waals surface area contributed by atoms with E-state index in [1.807, 2.05) is 13.8 Å². The second kappa shape index (κ2) is 5.11. The van der Waals surface area contributed by atoms with Crippen LogP contribution >= 0.6 is 0 Å². The van der Waals surface area contributed by atoms with Gasteiger partial charge in [0.2, 0.25) is 0 Å². The molecule has 0 aliphatic carbocycles. The quantitative estimate of drug-likeness (QED) is 0.569. The Balaban J connectivity index is 3.79. The van der Waals surface area contributed by atoms with Gasteiger partial charge in [-0.25, -0.2) is 0 Å². The molecule has 0 saturated carbocycles. The molecule has 0 heterocycles. The number of rotatable bonds is 4. The molecule has 0 rings (SSSR count). The third-order valence-electron chi connectivity index (χ3n) is 1.70. The average Bonchev–Trinajstić information content (AvgIpc) is 1.85. The molecular weight excluding hydrogens is 136 g/mol. The van der Waals surface area contributed by atoms with Crippen molar-refractivity contribution >= 4 is 5.78 Å². The minimum atomic E-state index is 0.263. The van der Waals surface area contributed by atoms with E-state index in [1.165, 1.54) is 0 Å². The van der Waals surface area contributed by atoms with Gasteiger partial charge in [0.05, 0.1) is 0 Å². The Kier molecular flexibility index (Phi) is 4.84. The van der Waals surface area contributed by atoms with Crippen molar-refractivity contribution in [3.63, 3.8) is 0 Å². The second-order valence-corrected chi connectivity index (χ2v) is 3.41. The summed E-state index contributed by atoms with van der Waals surface area (Å²) in [6.45, 7) is 8.13. The maximum atomic E-state index is 11.1. The van der Waals surface area contributed by atoms with Crippen molar-refractivity contribution < 1.29 is 4.79 Å². The molecule has 0 N–H and O–H groups in total. The molecule has 0 aliphatic rings. The van der Waals surface area contributed by atoms with Crippen molar-refractivity contribution in [3.05, 3.63) is 11.6 Å². The van der Waals surface area contributed by atoms with Crippen LogP contribution in [-0.2, 0) is 4.79 Å². The fraction of sp³-hybridized carbons (Fsp3) is 0.700. The molecule has 0 bridgehead atoms. The molecule has 1 nitrogen and oxygen atoms in total. The van der Waals surface area contributed by atoms with Crippen LogP contribution < -0.4 is 0 Å². The van der Waals surface area contributed by atoms with E-state index in [1.54, 1.807) is 6.08 Å². The molecule has 0 saturated heterocycles. The Morgan fingerprint density at radius 2 is 2.00 bits per heavy atom. The second-order valence-electron chi connectivity index (χ2n) is 3.41. The van der Waals surface area contributed by atoms with E-state index >= 15 is 0 Å². The molecule has 0 aromatic carbocycles. The van der Waals surface area contributed by atoms with Crippen molar-refractivity contribution in [1.82, 2.24) is 0 Å². The summed E-state index contributed by atoms with van der Waals surface area (Å²) in [4.78, 5) is 11.1. The molecule has 0 amide bonds. The van der Waals surface area contributed by atoms with Crippen LogP contribution in [0.25, 0.3) is 0 Å².